The first-order valence-corrected chi connectivity index (χ1v) is 9.74. The summed E-state index contributed by atoms with van der Waals surface area (Å²) in [5.74, 6) is 1.38. The van der Waals surface area contributed by atoms with E-state index < -0.39 is 0 Å². The van der Waals surface area contributed by atoms with Gasteiger partial charge in [0.2, 0.25) is 0 Å². The molecule has 136 valence electrons. The highest BCUT2D eigenvalue weighted by Crippen LogP contribution is 2.34. The molecule has 0 heterocycles. The van der Waals surface area contributed by atoms with Crippen molar-refractivity contribution in [2.24, 2.45) is 0 Å². The Morgan fingerprint density at radius 3 is 2.56 bits per heavy atom. The van der Waals surface area contributed by atoms with Gasteiger partial charge in [-0.3, -0.25) is 0 Å². The summed E-state index contributed by atoms with van der Waals surface area (Å²) < 4.78 is 12.4. The average molecular weight is 447 g/mol. The predicted octanol–water partition coefficient (Wildman–Crippen LogP) is 6.23. The normalized spacial score (nSPS) is 10.8. The maximum Gasteiger partial charge on any atom is 0.162 e. The molecule has 0 amide bonds. The number of hydrogen-bond acceptors (Lipinski definition) is 3. The van der Waals surface area contributed by atoms with Gasteiger partial charge in [0.15, 0.2) is 11.5 Å². The average Bonchev–Trinajstić information content (AvgIpc) is 2.61. The number of benzene rings is 2. The van der Waals surface area contributed by atoms with Gasteiger partial charge < -0.3 is 14.8 Å². The Morgan fingerprint density at radius 1 is 1.08 bits per heavy atom. The van der Waals surface area contributed by atoms with Gasteiger partial charge in [-0.05, 0) is 48.4 Å². The van der Waals surface area contributed by atoms with Crippen molar-refractivity contribution in [3.63, 3.8) is 0 Å². The SMILES string of the molecule is CCCCNCc1cc(OC)c(OCc2ccc(Cl)c(Cl)c2)cc1Br. The maximum absolute atomic E-state index is 6.04. The summed E-state index contributed by atoms with van der Waals surface area (Å²) in [4.78, 5) is 0. The quantitative estimate of drug-likeness (QED) is 0.463. The monoisotopic (exact) mass is 445 g/mol. The smallest absolute Gasteiger partial charge is 0.162 e. The van der Waals surface area contributed by atoms with Gasteiger partial charge in [-0.2, -0.15) is 0 Å². The van der Waals surface area contributed by atoms with Crippen LogP contribution in [0.2, 0.25) is 10.0 Å². The Labute approximate surface area is 167 Å². The third kappa shape index (κ3) is 6.07. The minimum atomic E-state index is 0.383. The van der Waals surface area contributed by atoms with Crippen molar-refractivity contribution in [1.82, 2.24) is 5.32 Å². The number of unbranched alkanes of at least 4 members (excludes halogenated alkanes) is 1. The lowest BCUT2D eigenvalue weighted by atomic mass is 10.2. The minimum absolute atomic E-state index is 0.383. The van der Waals surface area contributed by atoms with E-state index in [0.29, 0.717) is 28.2 Å². The summed E-state index contributed by atoms with van der Waals surface area (Å²) in [6, 6.07) is 9.39. The van der Waals surface area contributed by atoms with Crippen LogP contribution in [0.25, 0.3) is 0 Å². The molecule has 0 aromatic heterocycles. The highest BCUT2D eigenvalue weighted by molar-refractivity contribution is 9.10. The highest BCUT2D eigenvalue weighted by Gasteiger charge is 2.11. The molecule has 0 spiro atoms. The van der Waals surface area contributed by atoms with E-state index in [0.717, 1.165) is 28.7 Å². The van der Waals surface area contributed by atoms with Crippen LogP contribution in [0.4, 0.5) is 0 Å². The molecular weight excluding hydrogens is 425 g/mol. The van der Waals surface area contributed by atoms with Gasteiger partial charge >= 0.3 is 0 Å². The van der Waals surface area contributed by atoms with Crippen molar-refractivity contribution in [1.29, 1.82) is 0 Å². The first-order chi connectivity index (χ1) is 12.0. The summed E-state index contributed by atoms with van der Waals surface area (Å²) in [6.07, 6.45) is 2.35. The number of nitrogens with one attached hydrogen (secondary N) is 1. The summed E-state index contributed by atoms with van der Waals surface area (Å²) in [5, 5.41) is 4.48. The Morgan fingerprint density at radius 2 is 1.88 bits per heavy atom. The van der Waals surface area contributed by atoms with Crippen molar-refractivity contribution in [2.45, 2.75) is 32.9 Å². The van der Waals surface area contributed by atoms with Crippen LogP contribution in [-0.4, -0.2) is 13.7 Å². The lowest BCUT2D eigenvalue weighted by molar-refractivity contribution is 0.284. The number of ether oxygens (including phenoxy) is 2. The standard InChI is InChI=1S/C19H22BrCl2NO2/c1-3-4-7-23-11-14-9-18(24-2)19(10-15(14)20)25-12-13-5-6-16(21)17(22)8-13/h5-6,8-10,23H,3-4,7,11-12H2,1-2H3. The van der Waals surface area contributed by atoms with Crippen LogP contribution in [-0.2, 0) is 13.2 Å². The van der Waals surface area contributed by atoms with Crippen LogP contribution in [0.3, 0.4) is 0 Å². The van der Waals surface area contributed by atoms with Crippen LogP contribution in [0.1, 0.15) is 30.9 Å². The molecule has 0 unspecified atom stereocenters. The molecule has 0 aliphatic rings. The molecule has 0 atom stereocenters. The predicted molar refractivity (Wildman–Crippen MR) is 108 cm³/mol. The first-order valence-electron chi connectivity index (χ1n) is 8.19. The number of hydrogen-bond donors (Lipinski definition) is 1. The molecule has 25 heavy (non-hydrogen) atoms. The molecule has 3 nitrogen and oxygen atoms in total. The van der Waals surface area contributed by atoms with Gasteiger partial charge in [-0.15, -0.1) is 0 Å². The molecule has 0 saturated heterocycles. The Hall–Kier alpha value is -0.940. The van der Waals surface area contributed by atoms with E-state index in [1.165, 1.54) is 12.8 Å². The fourth-order valence-electron chi connectivity index (χ4n) is 2.30. The maximum atomic E-state index is 6.04. The zero-order valence-electron chi connectivity index (χ0n) is 14.4. The van der Waals surface area contributed by atoms with Crippen LogP contribution < -0.4 is 14.8 Å². The second kappa shape index (κ2) is 10.3. The van der Waals surface area contributed by atoms with Gasteiger partial charge in [0.1, 0.15) is 6.61 Å². The second-order valence-corrected chi connectivity index (χ2v) is 7.33. The van der Waals surface area contributed by atoms with Crippen molar-refractivity contribution in [3.05, 3.63) is 56.0 Å². The largest absolute Gasteiger partial charge is 0.493 e. The van der Waals surface area contributed by atoms with E-state index in [4.69, 9.17) is 32.7 Å². The minimum Gasteiger partial charge on any atom is -0.493 e. The summed E-state index contributed by atoms with van der Waals surface area (Å²) >= 11 is 15.6. The molecule has 0 fully saturated rings. The number of methoxy groups -OCH3 is 1. The molecule has 2 aromatic carbocycles. The molecule has 1 N–H and O–H groups in total. The molecule has 0 radical (unpaired) electrons. The lowest BCUT2D eigenvalue weighted by Gasteiger charge is -2.15. The topological polar surface area (TPSA) is 30.5 Å². The van der Waals surface area contributed by atoms with Crippen LogP contribution in [0.15, 0.2) is 34.8 Å². The second-order valence-electron chi connectivity index (χ2n) is 5.66. The van der Waals surface area contributed by atoms with Crippen molar-refractivity contribution in [2.75, 3.05) is 13.7 Å². The Balaban J connectivity index is 2.06. The van der Waals surface area contributed by atoms with Crippen LogP contribution in [0, 0.1) is 0 Å². The van der Waals surface area contributed by atoms with Crippen molar-refractivity contribution < 1.29 is 9.47 Å². The van der Waals surface area contributed by atoms with Gasteiger partial charge in [-0.25, -0.2) is 0 Å². The van der Waals surface area contributed by atoms with Gasteiger partial charge in [-0.1, -0.05) is 58.5 Å². The molecule has 6 heteroatoms. The van der Waals surface area contributed by atoms with Crippen LogP contribution in [0.5, 0.6) is 11.5 Å². The molecule has 0 aliphatic carbocycles. The zero-order valence-corrected chi connectivity index (χ0v) is 17.5. The molecule has 2 aromatic rings. The Bertz CT molecular complexity index is 710. The molecular formula is C19H22BrCl2NO2. The fourth-order valence-corrected chi connectivity index (χ4v) is 3.08. The Kier molecular flexibility index (Phi) is 8.37. The molecule has 2 rings (SSSR count). The third-order valence-electron chi connectivity index (χ3n) is 3.73. The highest BCUT2D eigenvalue weighted by atomic mass is 79.9. The number of rotatable bonds is 9. The van der Waals surface area contributed by atoms with E-state index >= 15 is 0 Å². The van der Waals surface area contributed by atoms with E-state index in [-0.39, 0.29) is 0 Å². The van der Waals surface area contributed by atoms with E-state index in [1.54, 1.807) is 19.2 Å². The van der Waals surface area contributed by atoms with Crippen molar-refractivity contribution in [3.8, 4) is 11.5 Å². The lowest BCUT2D eigenvalue weighted by Crippen LogP contribution is -2.15. The fraction of sp³-hybridized carbons (Fsp3) is 0.368. The number of halogens is 3. The van der Waals surface area contributed by atoms with Crippen LogP contribution >= 0.6 is 39.1 Å². The van der Waals surface area contributed by atoms with Crippen molar-refractivity contribution >= 4 is 39.1 Å². The first kappa shape index (κ1) is 20.4. The summed E-state index contributed by atoms with van der Waals surface area (Å²) in [5.41, 5.74) is 2.08. The zero-order chi connectivity index (χ0) is 18.2. The molecule has 0 aliphatic heterocycles. The van der Waals surface area contributed by atoms with E-state index in [1.807, 2.05) is 18.2 Å². The van der Waals surface area contributed by atoms with Gasteiger partial charge in [0.05, 0.1) is 17.2 Å². The third-order valence-corrected chi connectivity index (χ3v) is 5.21. The summed E-state index contributed by atoms with van der Waals surface area (Å²) in [7, 11) is 1.64. The molecule has 0 saturated carbocycles. The summed E-state index contributed by atoms with van der Waals surface area (Å²) in [6.45, 7) is 4.35. The van der Waals surface area contributed by atoms with E-state index in [9.17, 15) is 0 Å². The van der Waals surface area contributed by atoms with Gasteiger partial charge in [0.25, 0.3) is 0 Å². The molecule has 0 bridgehead atoms. The van der Waals surface area contributed by atoms with Gasteiger partial charge in [0, 0.05) is 11.0 Å². The van der Waals surface area contributed by atoms with E-state index in [2.05, 4.69) is 28.2 Å².